The first-order chi connectivity index (χ1) is 13.4. The first-order valence-electron chi connectivity index (χ1n) is 9.03. The zero-order valence-corrected chi connectivity index (χ0v) is 16.6. The summed E-state index contributed by atoms with van der Waals surface area (Å²) in [5.41, 5.74) is 2.81. The van der Waals surface area contributed by atoms with Crippen LogP contribution in [0.5, 0.6) is 5.75 Å². The number of aryl methyl sites for hydroxylation is 1. The highest BCUT2D eigenvalue weighted by molar-refractivity contribution is 7.89. The Balaban J connectivity index is 1.46. The Labute approximate surface area is 168 Å². The lowest BCUT2D eigenvalue weighted by Gasteiger charge is -2.31. The molecule has 2 aromatic rings. The van der Waals surface area contributed by atoms with Crippen molar-refractivity contribution in [1.82, 2.24) is 4.72 Å². The van der Waals surface area contributed by atoms with Crippen molar-refractivity contribution in [2.24, 2.45) is 0 Å². The number of rotatable bonds is 5. The van der Waals surface area contributed by atoms with E-state index < -0.39 is 10.0 Å². The molecule has 2 aromatic carbocycles. The molecule has 2 N–H and O–H groups in total. The number of hydrogen-bond donors (Lipinski definition) is 2. The maximum atomic E-state index is 12.7. The van der Waals surface area contributed by atoms with Crippen LogP contribution in [-0.2, 0) is 21.2 Å². The third kappa shape index (κ3) is 3.80. The van der Waals surface area contributed by atoms with Crippen LogP contribution in [0.25, 0.3) is 0 Å². The Kier molecular flexibility index (Phi) is 5.18. The van der Waals surface area contributed by atoms with Gasteiger partial charge in [-0.25, -0.2) is 13.1 Å². The second-order valence-corrected chi connectivity index (χ2v) is 8.88. The predicted octanol–water partition coefficient (Wildman–Crippen LogP) is 2.40. The highest BCUT2D eigenvalue weighted by atomic mass is 35.5. The lowest BCUT2D eigenvalue weighted by molar-refractivity contribution is -0.118. The number of carbonyl (C=O) groups is 1. The van der Waals surface area contributed by atoms with Gasteiger partial charge in [0.25, 0.3) is 5.91 Å². The molecule has 0 bridgehead atoms. The molecule has 9 heteroatoms. The molecule has 0 unspecified atom stereocenters. The zero-order chi connectivity index (χ0) is 19.7. The number of para-hydroxylation sites is 1. The summed E-state index contributed by atoms with van der Waals surface area (Å²) in [6.07, 6.45) is 2.09. The number of nitrogens with zero attached hydrogens (tertiary/aromatic N) is 1. The minimum absolute atomic E-state index is 0.0281. The van der Waals surface area contributed by atoms with Gasteiger partial charge in [-0.05, 0) is 30.5 Å². The topological polar surface area (TPSA) is 87.7 Å². The molecule has 0 aliphatic carbocycles. The van der Waals surface area contributed by atoms with E-state index in [4.69, 9.17) is 16.3 Å². The van der Waals surface area contributed by atoms with Crippen LogP contribution in [0.4, 0.5) is 11.4 Å². The third-order valence-corrected chi connectivity index (χ3v) is 6.76. The number of anilines is 2. The number of sulfonamides is 1. The molecule has 2 aliphatic heterocycles. The summed E-state index contributed by atoms with van der Waals surface area (Å²) in [5.74, 6) is -0.0200. The van der Waals surface area contributed by atoms with Crippen LogP contribution in [0.15, 0.2) is 41.3 Å². The van der Waals surface area contributed by atoms with Gasteiger partial charge in [0.15, 0.2) is 6.61 Å². The second kappa shape index (κ2) is 7.62. The minimum Gasteiger partial charge on any atom is -0.482 e. The van der Waals surface area contributed by atoms with E-state index in [9.17, 15) is 13.2 Å². The summed E-state index contributed by atoms with van der Waals surface area (Å²) in [5, 5.41) is 2.63. The van der Waals surface area contributed by atoms with Gasteiger partial charge in [-0.1, -0.05) is 29.8 Å². The summed E-state index contributed by atoms with van der Waals surface area (Å²) in [6.45, 7) is 1.55. The molecule has 0 aromatic heterocycles. The standard InChI is InChI=1S/C19H20ClN3O4S/c20-14-10-15-17(27-12-19(24)22-15)11-18(14)28(25,26)21-7-9-23-8-3-5-13-4-1-2-6-16(13)23/h1-2,4,6,10-11,21H,3,5,7-9,12H2,(H,22,24). The molecule has 0 spiro atoms. The van der Waals surface area contributed by atoms with Crippen LogP contribution in [0.3, 0.4) is 0 Å². The molecule has 0 atom stereocenters. The van der Waals surface area contributed by atoms with Crippen LogP contribution in [0, 0.1) is 0 Å². The highest BCUT2D eigenvalue weighted by Crippen LogP contribution is 2.35. The Hall–Kier alpha value is -2.29. The Morgan fingerprint density at radius 3 is 2.93 bits per heavy atom. The van der Waals surface area contributed by atoms with E-state index in [0.29, 0.717) is 12.2 Å². The molecule has 2 heterocycles. The maximum absolute atomic E-state index is 12.7. The molecule has 7 nitrogen and oxygen atoms in total. The van der Waals surface area contributed by atoms with E-state index in [2.05, 4.69) is 27.1 Å². The average Bonchev–Trinajstić information content (AvgIpc) is 2.67. The smallest absolute Gasteiger partial charge is 0.262 e. The van der Waals surface area contributed by atoms with Crippen molar-refractivity contribution in [1.29, 1.82) is 0 Å². The molecular weight excluding hydrogens is 402 g/mol. The normalized spacial score (nSPS) is 16.0. The van der Waals surface area contributed by atoms with Gasteiger partial charge >= 0.3 is 0 Å². The number of hydrogen-bond acceptors (Lipinski definition) is 5. The van der Waals surface area contributed by atoms with Crippen LogP contribution >= 0.6 is 11.6 Å². The molecular formula is C19H20ClN3O4S. The highest BCUT2D eigenvalue weighted by Gasteiger charge is 2.25. The van der Waals surface area contributed by atoms with Crippen molar-refractivity contribution in [3.05, 3.63) is 47.0 Å². The van der Waals surface area contributed by atoms with Crippen LogP contribution < -0.4 is 19.7 Å². The van der Waals surface area contributed by atoms with Gasteiger partial charge in [-0.3, -0.25) is 4.79 Å². The molecule has 0 radical (unpaired) electrons. The lowest BCUT2D eigenvalue weighted by atomic mass is 10.0. The van der Waals surface area contributed by atoms with Crippen LogP contribution in [0.2, 0.25) is 5.02 Å². The SMILES string of the molecule is O=C1COc2cc(S(=O)(=O)NCCN3CCCc4ccccc43)c(Cl)cc2N1. The van der Waals surface area contributed by atoms with Crippen molar-refractivity contribution < 1.29 is 17.9 Å². The van der Waals surface area contributed by atoms with E-state index in [0.717, 1.165) is 25.1 Å². The van der Waals surface area contributed by atoms with Crippen LogP contribution in [-0.4, -0.2) is 40.6 Å². The van der Waals surface area contributed by atoms with Gasteiger partial charge in [0.2, 0.25) is 10.0 Å². The van der Waals surface area contributed by atoms with Crippen molar-refractivity contribution >= 4 is 38.9 Å². The number of benzene rings is 2. The zero-order valence-electron chi connectivity index (χ0n) is 15.1. The fourth-order valence-corrected chi connectivity index (χ4v) is 5.09. The number of nitrogens with one attached hydrogen (secondary N) is 2. The van der Waals surface area contributed by atoms with Crippen molar-refractivity contribution in [3.8, 4) is 5.75 Å². The summed E-state index contributed by atoms with van der Waals surface area (Å²) < 4.78 is 33.4. The van der Waals surface area contributed by atoms with Gasteiger partial charge in [0, 0.05) is 31.4 Å². The minimum atomic E-state index is -3.82. The summed E-state index contributed by atoms with van der Waals surface area (Å²) >= 11 is 6.15. The average molecular weight is 422 g/mol. The number of fused-ring (bicyclic) bond motifs is 2. The lowest BCUT2D eigenvalue weighted by Crippen LogP contribution is -2.37. The third-order valence-electron chi connectivity index (χ3n) is 4.84. The van der Waals surface area contributed by atoms with Crippen molar-refractivity contribution in [2.45, 2.75) is 17.7 Å². The second-order valence-electron chi connectivity index (χ2n) is 6.73. The molecule has 2 aliphatic rings. The fraction of sp³-hybridized carbons (Fsp3) is 0.316. The van der Waals surface area contributed by atoms with Crippen LogP contribution in [0.1, 0.15) is 12.0 Å². The van der Waals surface area contributed by atoms with E-state index in [1.54, 1.807) is 0 Å². The quantitative estimate of drug-likeness (QED) is 0.774. The molecule has 4 rings (SSSR count). The summed E-state index contributed by atoms with van der Waals surface area (Å²) in [7, 11) is -3.82. The first kappa shape index (κ1) is 19.0. The number of halogens is 1. The van der Waals surface area contributed by atoms with E-state index in [1.165, 1.54) is 17.7 Å². The number of ether oxygens (including phenoxy) is 1. The first-order valence-corrected chi connectivity index (χ1v) is 10.9. The number of carbonyl (C=O) groups excluding carboxylic acids is 1. The Morgan fingerprint density at radius 1 is 1.25 bits per heavy atom. The molecule has 28 heavy (non-hydrogen) atoms. The van der Waals surface area contributed by atoms with Gasteiger partial charge in [0.05, 0.1) is 10.7 Å². The maximum Gasteiger partial charge on any atom is 0.262 e. The van der Waals surface area contributed by atoms with Crippen molar-refractivity contribution in [2.75, 3.05) is 36.5 Å². The molecule has 0 saturated heterocycles. The predicted molar refractivity (Wildman–Crippen MR) is 108 cm³/mol. The van der Waals surface area contributed by atoms with E-state index in [1.807, 2.05) is 12.1 Å². The monoisotopic (exact) mass is 421 g/mol. The van der Waals surface area contributed by atoms with E-state index in [-0.39, 0.29) is 34.7 Å². The van der Waals surface area contributed by atoms with Gasteiger partial charge in [-0.15, -0.1) is 0 Å². The summed E-state index contributed by atoms with van der Waals surface area (Å²) in [4.78, 5) is 13.5. The Morgan fingerprint density at radius 2 is 2.07 bits per heavy atom. The van der Waals surface area contributed by atoms with Gasteiger partial charge in [0.1, 0.15) is 10.6 Å². The molecule has 0 saturated carbocycles. The molecule has 1 amide bonds. The van der Waals surface area contributed by atoms with Crippen molar-refractivity contribution in [3.63, 3.8) is 0 Å². The van der Waals surface area contributed by atoms with E-state index >= 15 is 0 Å². The van der Waals surface area contributed by atoms with Gasteiger partial charge < -0.3 is 15.0 Å². The molecule has 148 valence electrons. The summed E-state index contributed by atoms with van der Waals surface area (Å²) in [6, 6.07) is 10.9. The largest absolute Gasteiger partial charge is 0.482 e. The molecule has 0 fully saturated rings. The van der Waals surface area contributed by atoms with Gasteiger partial charge in [-0.2, -0.15) is 0 Å². The Bertz CT molecular complexity index is 1030. The fourth-order valence-electron chi connectivity index (χ4n) is 3.52. The number of amides is 1.